The fourth-order valence-corrected chi connectivity index (χ4v) is 27.1. The average Bonchev–Trinajstić information content (AvgIpc) is 1.48. The average molecular weight is 1780 g/mol. The summed E-state index contributed by atoms with van der Waals surface area (Å²) in [4.78, 5) is 5.12. The van der Waals surface area contributed by atoms with Crippen LogP contribution in [0, 0.1) is 27.7 Å². The van der Waals surface area contributed by atoms with Gasteiger partial charge in [0, 0.05) is 60.4 Å². The van der Waals surface area contributed by atoms with E-state index in [4.69, 9.17) is 18.9 Å². The molecule has 0 radical (unpaired) electrons. The van der Waals surface area contributed by atoms with Crippen molar-refractivity contribution < 1.29 is 42.0 Å². The van der Waals surface area contributed by atoms with Crippen LogP contribution in [0.4, 0.5) is 5.69 Å². The number of allylic oxidation sites excluding steroid dienone is 1. The molecule has 17 aromatic carbocycles. The number of benzene rings is 17. The maximum Gasteiger partial charge on any atom is 0.452 e. The minimum Gasteiger partial charge on any atom is -0.456 e. The lowest BCUT2D eigenvalue weighted by Crippen LogP contribution is -2.77. The number of nitrogens with zero attached hydrogens (tertiary/aromatic N) is 11. The van der Waals surface area contributed by atoms with E-state index in [1.54, 1.807) is 0 Å². The van der Waals surface area contributed by atoms with Crippen molar-refractivity contribution in [1.82, 2.24) is 23.4 Å². The van der Waals surface area contributed by atoms with Gasteiger partial charge in [0.25, 0.3) is 5.82 Å². The Morgan fingerprint density at radius 1 is 0.290 bits per heavy atom. The van der Waals surface area contributed by atoms with Gasteiger partial charge in [0.05, 0.1) is 68.9 Å². The summed E-state index contributed by atoms with van der Waals surface area (Å²) in [6.45, 7) is 11.4. The van der Waals surface area contributed by atoms with Crippen molar-refractivity contribution >= 4 is 120 Å². The highest BCUT2D eigenvalue weighted by Crippen LogP contribution is 2.66. The normalized spacial score (nSPS) is 17.7. The SMILES string of the molecule is CC1=C(c2ccc3cc4ccccc4cc3c2)N(C)C2N1c1cccc3c1C21c2c(ccc4c5ccccc5n(c24)-c2cccc[n+]21)O3.Cc1c(-c2ccc3cc4ccccc4cc3c2)c(C)[n+]2n1-c1cccc3c1C21c2c(cccc2-n2c4ccccc4c4ccc[n+]1c42)O3.Cc1c(-c2ccc3cc4ccccc4cc3c2)c(C)[n+]2n1-c1cccc3c1C21c2c(cccc2Oc2cccc[n+]21)O3. The highest BCUT2D eigenvalue weighted by atomic mass is 16.5. The summed E-state index contributed by atoms with van der Waals surface area (Å²) in [5, 5.41) is 20.1. The molecule has 0 saturated carbocycles. The van der Waals surface area contributed by atoms with Gasteiger partial charge in [-0.1, -0.05) is 179 Å². The van der Waals surface area contributed by atoms with Crippen LogP contribution in [0.3, 0.4) is 0 Å². The first-order valence-corrected chi connectivity index (χ1v) is 47.7. The van der Waals surface area contributed by atoms with E-state index in [1.807, 2.05) is 18.2 Å². The number of fused-ring (bicyclic) bond motifs is 22. The molecule has 24 aromatic rings. The number of likely N-dealkylation sites (N-methyl/N-ethyl adjacent to an activating group) is 1. The summed E-state index contributed by atoms with van der Waals surface area (Å²) in [5.41, 5.74) is 27.9. The van der Waals surface area contributed by atoms with Gasteiger partial charge >= 0.3 is 22.9 Å². The number of anilines is 1. The van der Waals surface area contributed by atoms with Crippen molar-refractivity contribution in [3.05, 3.63) is 450 Å². The molecule has 648 valence electrons. The molecular weight excluding hydrogens is 1700 g/mol. The monoisotopic (exact) mass is 1780 g/mol. The number of hydrogen-bond acceptors (Lipinski definition) is 6. The Bertz CT molecular complexity index is 9900. The molecule has 15 nitrogen and oxygen atoms in total. The topological polar surface area (TPSA) is 82.5 Å². The third kappa shape index (κ3) is 8.92. The standard InChI is InChI=1S/C43H28N4O.C43H29N4O.C37H25N3O2/c1-25-39(30-20-19-29-22-27-10-3-4-11-28(27)23-31(29)24-30)26(2)47-43-40-35(15-7-17-37(40)48-38-18-8-16-36(41(38)43)46(25)47)45-34-14-6-5-12-32(34)33-13-9-21-44(43)42(33)45;1-25-40(29-18-17-28-22-26-10-3-4-11-27(26)23-30(28)24-29)44(2)42-43-38-34(46(25)42)14-9-15-35(38)48-36-20-19-32-31-12-5-6-13-33(31)47(41(32)39(36)43)37-16-7-8-21-45(37)43;1-22-34(27-17-16-26-19-24-9-3-4-10-25(24)20-28(26)21-27)23(2)40-37-35-29(39(22)40)11-7-12-30(35)41-31-13-8-14-32(36(31)37)42-33-15-5-6-18-38(33)37/h3-24H,1-2H3;3-24,42H,1-2H3;3-21H,1-2H3/q+2;+1;+2. The van der Waals surface area contributed by atoms with Crippen molar-refractivity contribution in [3.63, 3.8) is 0 Å². The third-order valence-electron chi connectivity index (χ3n) is 32.1. The van der Waals surface area contributed by atoms with E-state index in [9.17, 15) is 0 Å². The first-order chi connectivity index (χ1) is 67.9. The maximum absolute atomic E-state index is 6.88. The van der Waals surface area contributed by atoms with Gasteiger partial charge in [-0.2, -0.15) is 13.7 Å². The van der Waals surface area contributed by atoms with Gasteiger partial charge in [-0.25, -0.2) is 4.57 Å². The second-order valence-electron chi connectivity index (χ2n) is 38.7. The van der Waals surface area contributed by atoms with Gasteiger partial charge < -0.3 is 28.7 Å². The minimum atomic E-state index is -0.703. The maximum atomic E-state index is 6.88. The van der Waals surface area contributed by atoms with Gasteiger partial charge in [0.2, 0.25) is 16.9 Å². The van der Waals surface area contributed by atoms with Crippen LogP contribution < -0.4 is 46.9 Å². The lowest BCUT2D eigenvalue weighted by atomic mass is 9.76. The van der Waals surface area contributed by atoms with Crippen molar-refractivity contribution in [2.45, 2.75) is 57.6 Å². The van der Waals surface area contributed by atoms with Crippen LogP contribution in [0.5, 0.6) is 46.1 Å². The van der Waals surface area contributed by atoms with Gasteiger partial charge in [-0.3, -0.25) is 0 Å². The Hall–Kier alpha value is -17.7. The van der Waals surface area contributed by atoms with E-state index >= 15 is 0 Å². The summed E-state index contributed by atoms with van der Waals surface area (Å²) < 4.78 is 48.9. The molecule has 7 aromatic heterocycles. The Kier molecular flexibility index (Phi) is 14.1. The Morgan fingerprint density at radius 3 is 1.28 bits per heavy atom. The van der Waals surface area contributed by atoms with Crippen LogP contribution in [0.1, 0.15) is 68.6 Å². The number of ether oxygens (including phenoxy) is 4. The van der Waals surface area contributed by atoms with Gasteiger partial charge in [-0.05, 0) is 277 Å². The molecular formula is C123H82N11O4+5. The molecule has 0 amide bonds. The zero-order valence-corrected chi connectivity index (χ0v) is 76.0. The van der Waals surface area contributed by atoms with Crippen LogP contribution in [0.15, 0.2) is 388 Å². The molecule has 0 saturated heterocycles. The van der Waals surface area contributed by atoms with Crippen LogP contribution in [0.2, 0.25) is 0 Å². The van der Waals surface area contributed by atoms with Crippen molar-refractivity contribution in [2.75, 3.05) is 11.9 Å². The molecule has 0 aliphatic carbocycles. The first kappa shape index (κ1) is 74.8. The lowest BCUT2D eigenvalue weighted by molar-refractivity contribution is -0.999. The van der Waals surface area contributed by atoms with E-state index in [0.29, 0.717) is 0 Å². The molecule has 0 N–H and O–H groups in total. The summed E-state index contributed by atoms with van der Waals surface area (Å²) in [6, 6.07) is 132. The largest absolute Gasteiger partial charge is 0.456 e. The summed E-state index contributed by atoms with van der Waals surface area (Å²) in [7, 11) is 2.29. The molecule has 15 heteroatoms. The van der Waals surface area contributed by atoms with Crippen LogP contribution in [-0.4, -0.2) is 36.6 Å². The number of rotatable bonds is 3. The zero-order valence-electron chi connectivity index (χ0n) is 76.0. The second kappa shape index (κ2) is 26.0. The minimum absolute atomic E-state index is 0.0536. The van der Waals surface area contributed by atoms with Crippen molar-refractivity contribution in [3.8, 4) is 91.3 Å². The van der Waals surface area contributed by atoms with E-state index in [1.165, 1.54) is 193 Å². The van der Waals surface area contributed by atoms with Crippen LogP contribution >= 0.6 is 0 Å². The van der Waals surface area contributed by atoms with Crippen molar-refractivity contribution in [1.29, 1.82) is 0 Å². The molecule has 10 aliphatic rings. The molecule has 4 unspecified atom stereocenters. The van der Waals surface area contributed by atoms with Gasteiger partial charge in [0.15, 0.2) is 46.0 Å². The van der Waals surface area contributed by atoms with E-state index in [0.717, 1.165) is 85.7 Å². The predicted molar refractivity (Wildman–Crippen MR) is 541 cm³/mol. The Labute approximate surface area is 790 Å². The first-order valence-electron chi connectivity index (χ1n) is 47.7. The molecule has 0 fully saturated rings. The zero-order chi connectivity index (χ0) is 90.7. The van der Waals surface area contributed by atoms with Crippen molar-refractivity contribution in [2.24, 2.45) is 0 Å². The molecule has 34 rings (SSSR count). The van der Waals surface area contributed by atoms with Crippen LogP contribution in [-0.2, 0) is 16.9 Å². The summed E-state index contributed by atoms with van der Waals surface area (Å²) in [5.74, 6) is 8.12. The molecule has 4 atom stereocenters. The van der Waals surface area contributed by atoms with Crippen LogP contribution in [0.25, 0.3) is 159 Å². The number of para-hydroxylation sites is 2. The number of aromatic nitrogens is 9. The highest BCUT2D eigenvalue weighted by molar-refractivity contribution is 6.13. The quantitative estimate of drug-likeness (QED) is 0.129. The predicted octanol–water partition coefficient (Wildman–Crippen LogP) is 25.3. The number of hydrogen-bond donors (Lipinski definition) is 0. The van der Waals surface area contributed by atoms with Gasteiger partial charge in [0.1, 0.15) is 62.5 Å². The smallest absolute Gasteiger partial charge is 0.452 e. The summed E-state index contributed by atoms with van der Waals surface area (Å²) >= 11 is 0. The fourth-order valence-electron chi connectivity index (χ4n) is 27.1. The van der Waals surface area contributed by atoms with Gasteiger partial charge in [-0.15, -0.1) is 9.36 Å². The Balaban J connectivity index is 0.0000000944. The molecule has 138 heavy (non-hydrogen) atoms. The fraction of sp³-hybridized carbons (Fsp3) is 0.0813. The van der Waals surface area contributed by atoms with E-state index in [-0.39, 0.29) is 6.17 Å². The molecule has 17 heterocycles. The number of pyridine rings is 3. The third-order valence-corrected chi connectivity index (χ3v) is 32.1. The van der Waals surface area contributed by atoms with E-state index in [2.05, 4.69) is 457 Å². The molecule has 10 aliphatic heterocycles. The molecule has 0 bridgehead atoms. The molecule has 3 spiro atoms. The highest BCUT2D eigenvalue weighted by Gasteiger charge is 2.75. The summed E-state index contributed by atoms with van der Waals surface area (Å²) in [6.07, 6.45) is 6.63. The van der Waals surface area contributed by atoms with E-state index < -0.39 is 16.9 Å². The second-order valence-corrected chi connectivity index (χ2v) is 38.7. The Morgan fingerprint density at radius 2 is 0.703 bits per heavy atom. The lowest BCUT2D eigenvalue weighted by Gasteiger charge is -2.43.